The van der Waals surface area contributed by atoms with Crippen LogP contribution in [0.3, 0.4) is 0 Å². The first-order valence-electron chi connectivity index (χ1n) is 5.24. The molecule has 0 saturated heterocycles. The third-order valence-corrected chi connectivity index (χ3v) is 2.62. The highest BCUT2D eigenvalue weighted by molar-refractivity contribution is 5.71. The van der Waals surface area contributed by atoms with Gasteiger partial charge in [0.05, 0.1) is 24.5 Å². The third kappa shape index (κ3) is 3.10. The molecule has 1 aromatic heterocycles. The van der Waals surface area contributed by atoms with E-state index in [1.54, 1.807) is 6.07 Å². The lowest BCUT2D eigenvalue weighted by molar-refractivity contribution is -0.148. The fourth-order valence-corrected chi connectivity index (χ4v) is 1.60. The highest BCUT2D eigenvalue weighted by atomic mass is 16.4. The van der Waals surface area contributed by atoms with Gasteiger partial charge < -0.3 is 14.6 Å². The Morgan fingerprint density at radius 1 is 1.50 bits per heavy atom. The van der Waals surface area contributed by atoms with Crippen LogP contribution in [0, 0.1) is 11.3 Å². The minimum atomic E-state index is -0.983. The lowest BCUT2D eigenvalue weighted by Gasteiger charge is -2.30. The number of hydrogen-bond acceptors (Lipinski definition) is 3. The maximum atomic E-state index is 11.1. The van der Waals surface area contributed by atoms with E-state index in [2.05, 4.69) is 0 Å². The largest absolute Gasteiger partial charge is 0.481 e. The van der Waals surface area contributed by atoms with Crippen molar-refractivity contribution in [1.29, 1.82) is 0 Å². The van der Waals surface area contributed by atoms with Gasteiger partial charge in [-0.25, -0.2) is 0 Å². The summed E-state index contributed by atoms with van der Waals surface area (Å²) in [4.78, 5) is 11.1. The second kappa shape index (κ2) is 4.70. The molecule has 2 atom stereocenters. The smallest absolute Gasteiger partial charge is 0.309 e. The maximum Gasteiger partial charge on any atom is 0.309 e. The molecule has 1 unspecified atom stereocenters. The Hall–Kier alpha value is -1.29. The topological polar surface area (TPSA) is 70.7 Å². The molecule has 16 heavy (non-hydrogen) atoms. The number of carboxylic acid groups (broad SMARTS) is 1. The summed E-state index contributed by atoms with van der Waals surface area (Å²) in [6, 6.07) is 1.71. The van der Waals surface area contributed by atoms with Crippen molar-refractivity contribution >= 4 is 5.97 Å². The van der Waals surface area contributed by atoms with Gasteiger partial charge in [0.2, 0.25) is 0 Å². The summed E-state index contributed by atoms with van der Waals surface area (Å²) in [7, 11) is 0. The fraction of sp³-hybridized carbons (Fsp3) is 0.583. The van der Waals surface area contributed by atoms with Crippen LogP contribution < -0.4 is 0 Å². The summed E-state index contributed by atoms with van der Waals surface area (Å²) < 4.78 is 4.89. The fourth-order valence-electron chi connectivity index (χ4n) is 1.60. The third-order valence-electron chi connectivity index (χ3n) is 2.62. The van der Waals surface area contributed by atoms with Gasteiger partial charge in [0.25, 0.3) is 0 Å². The number of carbonyl (C=O) groups is 1. The van der Waals surface area contributed by atoms with Gasteiger partial charge in [-0.05, 0) is 23.5 Å². The van der Waals surface area contributed by atoms with Gasteiger partial charge >= 0.3 is 5.97 Å². The molecular weight excluding hydrogens is 208 g/mol. The Morgan fingerprint density at radius 2 is 2.12 bits per heavy atom. The average molecular weight is 226 g/mol. The van der Waals surface area contributed by atoms with E-state index in [9.17, 15) is 9.90 Å². The van der Waals surface area contributed by atoms with Crippen molar-refractivity contribution in [2.75, 3.05) is 0 Å². The standard InChI is InChI=1S/C12H18O4/c1-12(2,3)10(13)9(11(14)15)6-8-4-5-16-7-8/h4-5,7,9-10,13H,6H2,1-3H3,(H,14,15)/t9-,10?/m1/s1. The van der Waals surface area contributed by atoms with E-state index < -0.39 is 23.4 Å². The second-order valence-electron chi connectivity index (χ2n) is 5.09. The molecule has 0 radical (unpaired) electrons. The summed E-state index contributed by atoms with van der Waals surface area (Å²) in [5.74, 6) is -1.79. The summed E-state index contributed by atoms with van der Waals surface area (Å²) >= 11 is 0. The normalized spacial score (nSPS) is 15.8. The first-order valence-corrected chi connectivity index (χ1v) is 5.24. The average Bonchev–Trinajstić information content (AvgIpc) is 2.63. The number of aliphatic hydroxyl groups excluding tert-OH is 1. The van der Waals surface area contributed by atoms with E-state index in [1.807, 2.05) is 20.8 Å². The Bertz CT molecular complexity index is 334. The van der Waals surface area contributed by atoms with Crippen LogP contribution in [0.25, 0.3) is 0 Å². The first kappa shape index (κ1) is 12.8. The van der Waals surface area contributed by atoms with Gasteiger partial charge in [0.15, 0.2) is 0 Å². The van der Waals surface area contributed by atoms with Crippen LogP contribution in [0.4, 0.5) is 0 Å². The zero-order valence-corrected chi connectivity index (χ0v) is 9.80. The molecule has 0 aliphatic rings. The molecule has 0 aromatic carbocycles. The molecule has 0 spiro atoms. The molecule has 0 aliphatic heterocycles. The monoisotopic (exact) mass is 226 g/mol. The zero-order valence-electron chi connectivity index (χ0n) is 9.80. The number of carboxylic acids is 1. The molecule has 0 fully saturated rings. The van der Waals surface area contributed by atoms with Crippen molar-refractivity contribution in [3.8, 4) is 0 Å². The molecule has 2 N–H and O–H groups in total. The van der Waals surface area contributed by atoms with Crippen LogP contribution in [0.2, 0.25) is 0 Å². The van der Waals surface area contributed by atoms with Crippen molar-refractivity contribution in [2.45, 2.75) is 33.3 Å². The summed E-state index contributed by atoms with van der Waals surface area (Å²) in [6.45, 7) is 5.47. The van der Waals surface area contributed by atoms with Crippen LogP contribution in [0.1, 0.15) is 26.3 Å². The number of rotatable bonds is 4. The van der Waals surface area contributed by atoms with Gasteiger partial charge in [-0.15, -0.1) is 0 Å². The molecular formula is C12H18O4. The molecule has 1 heterocycles. The number of aliphatic hydroxyl groups is 1. The quantitative estimate of drug-likeness (QED) is 0.823. The van der Waals surface area contributed by atoms with Gasteiger partial charge in [0, 0.05) is 0 Å². The lowest BCUT2D eigenvalue weighted by atomic mass is 9.79. The molecule has 90 valence electrons. The second-order valence-corrected chi connectivity index (χ2v) is 5.09. The first-order chi connectivity index (χ1) is 7.32. The van der Waals surface area contributed by atoms with E-state index in [4.69, 9.17) is 9.52 Å². The SMILES string of the molecule is CC(C)(C)C(O)[C@@H](Cc1ccoc1)C(=O)O. The lowest BCUT2D eigenvalue weighted by Crippen LogP contribution is -2.39. The van der Waals surface area contributed by atoms with Crippen molar-refractivity contribution in [2.24, 2.45) is 11.3 Å². The van der Waals surface area contributed by atoms with E-state index in [0.29, 0.717) is 0 Å². The van der Waals surface area contributed by atoms with E-state index >= 15 is 0 Å². The van der Waals surface area contributed by atoms with Crippen molar-refractivity contribution in [3.63, 3.8) is 0 Å². The van der Waals surface area contributed by atoms with Crippen LogP contribution in [-0.4, -0.2) is 22.3 Å². The molecule has 1 rings (SSSR count). The highest BCUT2D eigenvalue weighted by Gasteiger charge is 2.35. The summed E-state index contributed by atoms with van der Waals surface area (Å²) in [6.07, 6.45) is 2.40. The molecule has 0 saturated carbocycles. The van der Waals surface area contributed by atoms with Crippen LogP contribution in [0.15, 0.2) is 23.0 Å². The molecule has 1 aromatic rings. The van der Waals surface area contributed by atoms with Crippen LogP contribution >= 0.6 is 0 Å². The predicted octanol–water partition coefficient (Wildman–Crippen LogP) is 1.93. The zero-order chi connectivity index (χ0) is 12.3. The molecule has 4 nitrogen and oxygen atoms in total. The minimum Gasteiger partial charge on any atom is -0.481 e. The van der Waals surface area contributed by atoms with Gasteiger partial charge in [-0.1, -0.05) is 20.8 Å². The van der Waals surface area contributed by atoms with Gasteiger partial charge in [-0.3, -0.25) is 4.79 Å². The molecule has 4 heteroatoms. The number of hydrogen-bond donors (Lipinski definition) is 2. The van der Waals surface area contributed by atoms with Crippen molar-refractivity contribution in [3.05, 3.63) is 24.2 Å². The molecule has 0 bridgehead atoms. The Morgan fingerprint density at radius 3 is 2.50 bits per heavy atom. The number of furan rings is 1. The number of aliphatic carboxylic acids is 1. The minimum absolute atomic E-state index is 0.282. The Balaban J connectivity index is 2.80. The van der Waals surface area contributed by atoms with E-state index in [1.165, 1.54) is 12.5 Å². The Labute approximate surface area is 94.9 Å². The van der Waals surface area contributed by atoms with E-state index in [0.717, 1.165) is 5.56 Å². The van der Waals surface area contributed by atoms with Crippen LogP contribution in [-0.2, 0) is 11.2 Å². The summed E-state index contributed by atoms with van der Waals surface area (Å²) in [5.41, 5.74) is 0.336. The highest BCUT2D eigenvalue weighted by Crippen LogP contribution is 2.27. The predicted molar refractivity (Wildman–Crippen MR) is 59.0 cm³/mol. The van der Waals surface area contributed by atoms with Crippen molar-refractivity contribution < 1.29 is 19.4 Å². The van der Waals surface area contributed by atoms with E-state index in [-0.39, 0.29) is 6.42 Å². The van der Waals surface area contributed by atoms with Crippen LogP contribution in [0.5, 0.6) is 0 Å². The molecule has 0 amide bonds. The molecule has 0 aliphatic carbocycles. The Kier molecular flexibility index (Phi) is 3.75. The van der Waals surface area contributed by atoms with Gasteiger partial charge in [0.1, 0.15) is 0 Å². The summed E-state index contributed by atoms with van der Waals surface area (Å²) in [5, 5.41) is 19.1. The van der Waals surface area contributed by atoms with Gasteiger partial charge in [-0.2, -0.15) is 0 Å². The maximum absolute atomic E-state index is 11.1. The van der Waals surface area contributed by atoms with Crippen molar-refractivity contribution in [1.82, 2.24) is 0 Å².